The maximum atomic E-state index is 13.6. The van der Waals surface area contributed by atoms with Crippen LogP contribution < -0.4 is 5.73 Å². The van der Waals surface area contributed by atoms with Gasteiger partial charge in [0.25, 0.3) is 0 Å². The van der Waals surface area contributed by atoms with Crippen molar-refractivity contribution < 1.29 is 19.4 Å². The zero-order valence-electron chi connectivity index (χ0n) is 33.7. The van der Waals surface area contributed by atoms with Crippen molar-refractivity contribution in [2.45, 2.75) is 125 Å². The molecule has 7 rings (SSSR count). The molecule has 286 valence electrons. The van der Waals surface area contributed by atoms with Gasteiger partial charge in [0.1, 0.15) is 0 Å². The van der Waals surface area contributed by atoms with Gasteiger partial charge >= 0.3 is 5.97 Å². The monoisotopic (exact) mass is 714 g/mol. The number of rotatable bonds is 9. The molecule has 4 fully saturated rings. The highest BCUT2D eigenvalue weighted by molar-refractivity contribution is 5.73. The van der Waals surface area contributed by atoms with E-state index in [0.29, 0.717) is 31.0 Å². The standard InChI is InChI=1S/C45H67N3O4/c1-28(2)30(5)41(7)21-22-42(8)32-16-17-36-40(6)24-35(48-34(19-23-47-48)31-14-12-11-13-15-31)38(52-26-44(10,46)29(3)4)45(36,27-51-25-40)33(32)18-20-43(42,9)37(41)39(49)50/h11-15,18-19,23,28-30,32,35-38H,16-17,20-22,24-27,46H2,1-10H3,(H,49,50)/t30-,32+,35-,36-,37-,38+,40-,41-,42-,43+,44+,45+/m1/s1. The molecule has 1 aromatic carbocycles. The second-order valence-electron chi connectivity index (χ2n) is 20.1. The minimum Gasteiger partial charge on any atom is -0.481 e. The van der Waals surface area contributed by atoms with Crippen molar-refractivity contribution in [2.24, 2.45) is 68.3 Å². The van der Waals surface area contributed by atoms with E-state index in [4.69, 9.17) is 20.3 Å². The number of hydrogen-bond donors (Lipinski definition) is 2. The second kappa shape index (κ2) is 12.8. The molecule has 2 heterocycles. The summed E-state index contributed by atoms with van der Waals surface area (Å²) in [7, 11) is 0. The van der Waals surface area contributed by atoms with Gasteiger partial charge in [-0.2, -0.15) is 5.10 Å². The van der Waals surface area contributed by atoms with Gasteiger partial charge in [0.05, 0.1) is 43.6 Å². The molecule has 0 spiro atoms. The molecule has 3 N–H and O–H groups in total. The van der Waals surface area contributed by atoms with Gasteiger partial charge in [-0.05, 0) is 108 Å². The lowest BCUT2D eigenvalue weighted by Gasteiger charge is -2.71. The molecule has 7 heteroatoms. The predicted molar refractivity (Wildman–Crippen MR) is 207 cm³/mol. The molecule has 0 amide bonds. The Balaban J connectivity index is 1.40. The first-order chi connectivity index (χ1) is 24.4. The van der Waals surface area contributed by atoms with Gasteiger partial charge in [-0.25, -0.2) is 0 Å². The molecule has 1 aromatic heterocycles. The Kier molecular flexibility index (Phi) is 9.31. The van der Waals surface area contributed by atoms with Crippen molar-refractivity contribution in [1.29, 1.82) is 0 Å². The third-order valence-corrected chi connectivity index (χ3v) is 17.0. The Bertz CT molecular complexity index is 1680. The molecule has 7 nitrogen and oxygen atoms in total. The van der Waals surface area contributed by atoms with Crippen LogP contribution in [0.2, 0.25) is 0 Å². The number of carboxylic acids is 1. The number of ether oxygens (including phenoxy) is 2. The molecule has 1 aliphatic heterocycles. The van der Waals surface area contributed by atoms with Crippen LogP contribution >= 0.6 is 0 Å². The van der Waals surface area contributed by atoms with E-state index in [-0.39, 0.29) is 51.1 Å². The highest BCUT2D eigenvalue weighted by atomic mass is 16.5. The lowest BCUT2D eigenvalue weighted by Crippen LogP contribution is -2.70. The molecule has 0 unspecified atom stereocenters. The fraction of sp³-hybridized carbons (Fsp3) is 0.733. The van der Waals surface area contributed by atoms with Crippen molar-refractivity contribution in [3.8, 4) is 11.3 Å². The Labute approximate surface area is 313 Å². The minimum atomic E-state index is -0.623. The maximum absolute atomic E-state index is 13.6. The maximum Gasteiger partial charge on any atom is 0.307 e. The molecule has 3 saturated carbocycles. The van der Waals surface area contributed by atoms with Crippen LogP contribution in [0.5, 0.6) is 0 Å². The fourth-order valence-corrected chi connectivity index (χ4v) is 12.9. The zero-order valence-corrected chi connectivity index (χ0v) is 33.7. The number of aliphatic carboxylic acids is 1. The summed E-state index contributed by atoms with van der Waals surface area (Å²) in [6.07, 6.45) is 10.1. The molecule has 52 heavy (non-hydrogen) atoms. The third-order valence-electron chi connectivity index (χ3n) is 17.0. The largest absolute Gasteiger partial charge is 0.481 e. The molecule has 12 atom stereocenters. The van der Waals surface area contributed by atoms with Crippen LogP contribution in [-0.4, -0.2) is 52.3 Å². The lowest BCUT2D eigenvalue weighted by molar-refractivity contribution is -0.254. The Hall–Kier alpha value is -2.48. The molecule has 5 aliphatic rings. The van der Waals surface area contributed by atoms with Crippen LogP contribution in [0.25, 0.3) is 11.3 Å². The van der Waals surface area contributed by atoms with E-state index in [1.165, 1.54) is 5.57 Å². The van der Waals surface area contributed by atoms with Crippen LogP contribution in [0.4, 0.5) is 0 Å². The summed E-state index contributed by atoms with van der Waals surface area (Å²) in [4.78, 5) is 13.6. The normalized spacial score (nSPS) is 41.7. The highest BCUT2D eigenvalue weighted by Gasteiger charge is 2.72. The van der Waals surface area contributed by atoms with Crippen LogP contribution in [-0.2, 0) is 14.3 Å². The van der Waals surface area contributed by atoms with Gasteiger partial charge in [0, 0.05) is 17.2 Å². The zero-order chi connectivity index (χ0) is 37.6. The summed E-state index contributed by atoms with van der Waals surface area (Å²) in [5, 5.41) is 16.3. The van der Waals surface area contributed by atoms with E-state index in [0.717, 1.165) is 56.4 Å². The summed E-state index contributed by atoms with van der Waals surface area (Å²) in [5.41, 5.74) is 8.95. The number of carboxylic acid groups (broad SMARTS) is 1. The molecule has 2 aromatic rings. The van der Waals surface area contributed by atoms with Gasteiger partial charge in [-0.3, -0.25) is 9.48 Å². The van der Waals surface area contributed by atoms with E-state index in [9.17, 15) is 9.90 Å². The number of nitrogens with two attached hydrogens (primary N) is 1. The molecular formula is C45H67N3O4. The van der Waals surface area contributed by atoms with E-state index < -0.39 is 17.4 Å². The van der Waals surface area contributed by atoms with Gasteiger partial charge in [-0.15, -0.1) is 0 Å². The molecule has 1 saturated heterocycles. The summed E-state index contributed by atoms with van der Waals surface area (Å²) < 4.78 is 16.5. The quantitative estimate of drug-likeness (QED) is 0.251. The number of nitrogens with zero attached hydrogens (tertiary/aromatic N) is 2. The van der Waals surface area contributed by atoms with Crippen LogP contribution in [0, 0.1) is 62.6 Å². The van der Waals surface area contributed by atoms with Crippen molar-refractivity contribution in [3.63, 3.8) is 0 Å². The molecule has 4 aliphatic carbocycles. The number of benzene rings is 1. The van der Waals surface area contributed by atoms with E-state index in [1.807, 2.05) is 6.20 Å². The minimum absolute atomic E-state index is 0.0209. The third kappa shape index (κ3) is 5.28. The first kappa shape index (κ1) is 37.8. The van der Waals surface area contributed by atoms with Gasteiger partial charge in [0.15, 0.2) is 0 Å². The average molecular weight is 714 g/mol. The molecule has 0 radical (unpaired) electrons. The number of aromatic nitrogens is 2. The second-order valence-corrected chi connectivity index (χ2v) is 20.1. The Morgan fingerprint density at radius 3 is 2.40 bits per heavy atom. The summed E-state index contributed by atoms with van der Waals surface area (Å²) in [6, 6.07) is 12.7. The Morgan fingerprint density at radius 1 is 1.04 bits per heavy atom. The summed E-state index contributed by atoms with van der Waals surface area (Å²) in [6.45, 7) is 24.6. The van der Waals surface area contributed by atoms with Crippen molar-refractivity contribution in [1.82, 2.24) is 9.78 Å². The van der Waals surface area contributed by atoms with Crippen molar-refractivity contribution in [2.75, 3.05) is 19.8 Å². The van der Waals surface area contributed by atoms with Crippen LogP contribution in [0.1, 0.15) is 114 Å². The highest BCUT2D eigenvalue weighted by Crippen LogP contribution is 2.75. The van der Waals surface area contributed by atoms with E-state index in [1.54, 1.807) is 0 Å². The average Bonchev–Trinajstić information content (AvgIpc) is 3.58. The topological polar surface area (TPSA) is 99.6 Å². The number of fused-ring (bicyclic) bond motifs is 3. The predicted octanol–water partition coefficient (Wildman–Crippen LogP) is 9.44. The van der Waals surface area contributed by atoms with E-state index in [2.05, 4.69) is 116 Å². The summed E-state index contributed by atoms with van der Waals surface area (Å²) in [5.74, 6) is 0.547. The van der Waals surface area contributed by atoms with Crippen LogP contribution in [0.3, 0.4) is 0 Å². The van der Waals surface area contributed by atoms with Crippen molar-refractivity contribution >= 4 is 5.97 Å². The van der Waals surface area contributed by atoms with Gasteiger partial charge in [-0.1, -0.05) is 104 Å². The number of hydrogen-bond acceptors (Lipinski definition) is 5. The number of allylic oxidation sites excluding steroid dienone is 1. The number of carbonyl (C=O) groups is 1. The summed E-state index contributed by atoms with van der Waals surface area (Å²) >= 11 is 0. The van der Waals surface area contributed by atoms with Crippen molar-refractivity contribution in [3.05, 3.63) is 54.2 Å². The SMILES string of the molecule is CC(C)[C@@H](C)[C@@]1(C)CC[C@]2(C)[C@H]3CC[C@@H]4[C@@]5(C)COC[C@@]4(C3=CC[C@@]2(C)[C@@H]1C(=O)O)[C@@H](OC[C@](C)(N)C(C)C)[C@H](n1nccc1-c1ccccc1)C5. The van der Waals surface area contributed by atoms with Gasteiger partial charge in [0.2, 0.25) is 0 Å². The smallest absolute Gasteiger partial charge is 0.307 e. The first-order valence-corrected chi connectivity index (χ1v) is 20.4. The van der Waals surface area contributed by atoms with E-state index >= 15 is 0 Å². The fourth-order valence-electron chi connectivity index (χ4n) is 12.9. The molecule has 2 bridgehead atoms. The Morgan fingerprint density at radius 2 is 1.75 bits per heavy atom. The lowest BCUT2D eigenvalue weighted by atomic mass is 9.34. The van der Waals surface area contributed by atoms with Crippen LogP contribution in [0.15, 0.2) is 54.2 Å². The van der Waals surface area contributed by atoms with Gasteiger partial charge < -0.3 is 20.3 Å². The molecular weight excluding hydrogens is 647 g/mol. The first-order valence-electron chi connectivity index (χ1n) is 20.4.